The van der Waals surface area contributed by atoms with E-state index in [9.17, 15) is 4.79 Å². The molecule has 0 aliphatic rings. The second kappa shape index (κ2) is 10.0. The molecule has 1 heterocycles. The summed E-state index contributed by atoms with van der Waals surface area (Å²) in [6.45, 7) is 2.22. The third-order valence-corrected chi connectivity index (χ3v) is 5.17. The van der Waals surface area contributed by atoms with Gasteiger partial charge in [0.15, 0.2) is 5.82 Å². The molecule has 0 aliphatic carbocycles. The number of halogens is 1. The van der Waals surface area contributed by atoms with Crippen LogP contribution in [0.3, 0.4) is 0 Å². The van der Waals surface area contributed by atoms with Crippen molar-refractivity contribution in [3.63, 3.8) is 0 Å². The fourth-order valence-electron chi connectivity index (χ4n) is 3.40. The lowest BCUT2D eigenvalue weighted by Crippen LogP contribution is -2.26. The summed E-state index contributed by atoms with van der Waals surface area (Å²) in [6.07, 6.45) is 3.89. The van der Waals surface area contributed by atoms with E-state index in [0.29, 0.717) is 34.3 Å². The van der Waals surface area contributed by atoms with Crippen LogP contribution in [0.15, 0.2) is 91.0 Å². The quantitative estimate of drug-likeness (QED) is 0.388. The van der Waals surface area contributed by atoms with Gasteiger partial charge in [0.2, 0.25) is 0 Å². The first-order valence-corrected chi connectivity index (χ1v) is 10.7. The van der Waals surface area contributed by atoms with Gasteiger partial charge in [-0.1, -0.05) is 96.5 Å². The van der Waals surface area contributed by atoms with Gasteiger partial charge in [-0.2, -0.15) is 0 Å². The molecule has 4 rings (SSSR count). The van der Waals surface area contributed by atoms with Gasteiger partial charge in [0.1, 0.15) is 0 Å². The van der Waals surface area contributed by atoms with Crippen molar-refractivity contribution < 1.29 is 4.79 Å². The summed E-state index contributed by atoms with van der Waals surface area (Å²) in [7, 11) is 0. The van der Waals surface area contributed by atoms with Crippen LogP contribution in [0.4, 0.5) is 0 Å². The van der Waals surface area contributed by atoms with Gasteiger partial charge in [-0.05, 0) is 24.6 Å². The van der Waals surface area contributed by atoms with E-state index in [1.165, 1.54) is 0 Å². The second-order valence-electron chi connectivity index (χ2n) is 7.26. The van der Waals surface area contributed by atoms with E-state index in [2.05, 4.69) is 10.3 Å². The summed E-state index contributed by atoms with van der Waals surface area (Å²) in [5.41, 5.74) is 4.34. The highest BCUT2D eigenvalue weighted by atomic mass is 35.5. The fraction of sp³-hybridized carbons (Fsp3) is 0.0741. The number of nitrogens with one attached hydrogen (secondary N) is 1. The smallest absolute Gasteiger partial charge is 0.255 e. The molecule has 4 aromatic rings. The lowest BCUT2D eigenvalue weighted by atomic mass is 10.0. The Morgan fingerprint density at radius 2 is 1.59 bits per heavy atom. The van der Waals surface area contributed by atoms with E-state index < -0.39 is 0 Å². The highest BCUT2D eigenvalue weighted by Gasteiger charge is 2.20. The zero-order valence-corrected chi connectivity index (χ0v) is 18.4. The normalized spacial score (nSPS) is 10.9. The molecular formula is C27H22ClN3O. The summed E-state index contributed by atoms with van der Waals surface area (Å²) in [5, 5.41) is 3.54. The largest absolute Gasteiger partial charge is 0.348 e. The molecule has 0 spiro atoms. The fourth-order valence-corrected chi connectivity index (χ4v) is 3.60. The Bertz CT molecular complexity index is 1250. The lowest BCUT2D eigenvalue weighted by molar-refractivity contribution is 0.0957. The highest BCUT2D eigenvalue weighted by molar-refractivity contribution is 6.30. The van der Waals surface area contributed by atoms with Crippen molar-refractivity contribution in [1.29, 1.82) is 0 Å². The number of carbonyl (C=O) groups excluding carboxylic acids is 1. The third-order valence-electron chi connectivity index (χ3n) is 4.94. The van der Waals surface area contributed by atoms with Gasteiger partial charge >= 0.3 is 0 Å². The minimum absolute atomic E-state index is 0.227. The van der Waals surface area contributed by atoms with Crippen LogP contribution in [0, 0.1) is 6.92 Å². The number of rotatable bonds is 6. The van der Waals surface area contributed by atoms with E-state index in [4.69, 9.17) is 16.6 Å². The maximum absolute atomic E-state index is 13.1. The molecule has 0 fully saturated rings. The number of hydrogen-bond donors (Lipinski definition) is 1. The molecule has 1 amide bonds. The van der Waals surface area contributed by atoms with E-state index >= 15 is 0 Å². The molecule has 1 aromatic heterocycles. The summed E-state index contributed by atoms with van der Waals surface area (Å²) in [5.74, 6) is 0.341. The van der Waals surface area contributed by atoms with E-state index in [1.54, 1.807) is 6.07 Å². The molecule has 0 aliphatic heterocycles. The van der Waals surface area contributed by atoms with E-state index in [1.807, 2.05) is 97.9 Å². The summed E-state index contributed by atoms with van der Waals surface area (Å²) in [4.78, 5) is 22.5. The molecule has 32 heavy (non-hydrogen) atoms. The van der Waals surface area contributed by atoms with Gasteiger partial charge in [0.25, 0.3) is 5.91 Å². The maximum Gasteiger partial charge on any atom is 0.255 e. The predicted molar refractivity (Wildman–Crippen MR) is 130 cm³/mol. The zero-order valence-electron chi connectivity index (χ0n) is 17.6. The average molecular weight is 440 g/mol. The Morgan fingerprint density at radius 3 is 2.31 bits per heavy atom. The van der Waals surface area contributed by atoms with Crippen LogP contribution in [-0.2, 0) is 0 Å². The van der Waals surface area contributed by atoms with Crippen LogP contribution < -0.4 is 5.32 Å². The molecular weight excluding hydrogens is 418 g/mol. The predicted octanol–water partition coefficient (Wildman–Crippen LogP) is 6.22. The Balaban J connectivity index is 1.67. The number of aryl methyl sites for hydroxylation is 1. The summed E-state index contributed by atoms with van der Waals surface area (Å²) in [6, 6.07) is 27.0. The van der Waals surface area contributed by atoms with Gasteiger partial charge in [-0.25, -0.2) is 9.97 Å². The SMILES string of the molecule is Cc1nc(-c2ccccc2)nc(-c2cccc(Cl)c2)c1C(=O)NCC=Cc1ccccc1. The van der Waals surface area contributed by atoms with Crippen molar-refractivity contribution in [1.82, 2.24) is 15.3 Å². The second-order valence-corrected chi connectivity index (χ2v) is 7.69. The van der Waals surface area contributed by atoms with Crippen molar-refractivity contribution in [3.05, 3.63) is 113 Å². The van der Waals surface area contributed by atoms with Crippen molar-refractivity contribution in [2.24, 2.45) is 0 Å². The van der Waals surface area contributed by atoms with Crippen molar-refractivity contribution in [2.45, 2.75) is 6.92 Å². The molecule has 0 unspecified atom stereocenters. The average Bonchev–Trinajstić information content (AvgIpc) is 2.82. The maximum atomic E-state index is 13.1. The number of amides is 1. The lowest BCUT2D eigenvalue weighted by Gasteiger charge is -2.14. The van der Waals surface area contributed by atoms with E-state index in [0.717, 1.165) is 16.7 Å². The first-order chi connectivity index (χ1) is 15.6. The molecule has 158 valence electrons. The standard InChI is InChI=1S/C27H22ClN3O/c1-19-24(27(32)29-17-9-12-20-10-4-2-5-11-20)25(22-15-8-16-23(28)18-22)31-26(30-19)21-13-6-3-7-14-21/h2-16,18H,17H2,1H3,(H,29,32). The molecule has 4 nitrogen and oxygen atoms in total. The number of carbonyl (C=O) groups is 1. The third kappa shape index (κ3) is 5.10. The van der Waals surface area contributed by atoms with Gasteiger partial charge < -0.3 is 5.32 Å². The molecule has 0 bridgehead atoms. The Kier molecular flexibility index (Phi) is 6.73. The highest BCUT2D eigenvalue weighted by Crippen LogP contribution is 2.28. The zero-order chi connectivity index (χ0) is 22.3. The molecule has 0 saturated carbocycles. The van der Waals surface area contributed by atoms with Gasteiger partial charge in [-0.15, -0.1) is 0 Å². The first kappa shape index (κ1) is 21.5. The topological polar surface area (TPSA) is 54.9 Å². The van der Waals surface area contributed by atoms with Crippen LogP contribution >= 0.6 is 11.6 Å². The molecule has 0 radical (unpaired) electrons. The van der Waals surface area contributed by atoms with Gasteiger partial charge in [0, 0.05) is 22.7 Å². The van der Waals surface area contributed by atoms with Crippen molar-refractivity contribution in [2.75, 3.05) is 6.54 Å². The monoisotopic (exact) mass is 439 g/mol. The molecule has 3 aromatic carbocycles. The Morgan fingerprint density at radius 1 is 0.906 bits per heavy atom. The number of aromatic nitrogens is 2. The van der Waals surface area contributed by atoms with Crippen LogP contribution in [-0.4, -0.2) is 22.4 Å². The Hall–Kier alpha value is -3.76. The number of hydrogen-bond acceptors (Lipinski definition) is 3. The number of nitrogens with zero attached hydrogens (tertiary/aromatic N) is 2. The van der Waals surface area contributed by atoms with Crippen LogP contribution in [0.25, 0.3) is 28.7 Å². The summed E-state index contributed by atoms with van der Waals surface area (Å²) >= 11 is 6.23. The minimum atomic E-state index is -0.227. The number of benzene rings is 3. The minimum Gasteiger partial charge on any atom is -0.348 e. The van der Waals surface area contributed by atoms with Gasteiger partial charge in [-0.3, -0.25) is 4.79 Å². The molecule has 0 saturated heterocycles. The van der Waals surface area contributed by atoms with Crippen molar-refractivity contribution in [3.8, 4) is 22.6 Å². The molecule has 1 N–H and O–H groups in total. The first-order valence-electron chi connectivity index (χ1n) is 10.3. The summed E-state index contributed by atoms with van der Waals surface area (Å²) < 4.78 is 0. The Labute approximate surface area is 192 Å². The van der Waals surface area contributed by atoms with Gasteiger partial charge in [0.05, 0.1) is 17.0 Å². The van der Waals surface area contributed by atoms with Crippen LogP contribution in [0.5, 0.6) is 0 Å². The van der Waals surface area contributed by atoms with Crippen LogP contribution in [0.2, 0.25) is 5.02 Å². The molecule has 0 atom stereocenters. The van der Waals surface area contributed by atoms with Crippen LogP contribution in [0.1, 0.15) is 21.6 Å². The van der Waals surface area contributed by atoms with Crippen molar-refractivity contribution >= 4 is 23.6 Å². The molecule has 5 heteroatoms. The van der Waals surface area contributed by atoms with E-state index in [-0.39, 0.29) is 5.91 Å².